The van der Waals surface area contributed by atoms with Crippen LogP contribution in [0, 0.1) is 0 Å². The highest BCUT2D eigenvalue weighted by Crippen LogP contribution is 2.26. The second-order valence-electron chi connectivity index (χ2n) is 7.67. The first-order valence-electron chi connectivity index (χ1n) is 10.6. The highest BCUT2D eigenvalue weighted by molar-refractivity contribution is 5.94. The Morgan fingerprint density at radius 1 is 1.09 bits per heavy atom. The third-order valence-electron chi connectivity index (χ3n) is 5.55. The minimum absolute atomic E-state index is 0.00885. The molecule has 5 rings (SSSR count). The lowest BCUT2D eigenvalue weighted by Gasteiger charge is -2.34. The molecule has 1 saturated heterocycles. The lowest BCUT2D eigenvalue weighted by molar-refractivity contribution is 0.0395. The predicted octanol–water partition coefficient (Wildman–Crippen LogP) is 3.53. The molecular formula is C25H23N5O2. The van der Waals surface area contributed by atoms with Gasteiger partial charge in [0.1, 0.15) is 11.9 Å². The molecule has 1 N–H and O–H groups in total. The molecule has 1 aromatic carbocycles. The van der Waals surface area contributed by atoms with E-state index >= 15 is 0 Å². The van der Waals surface area contributed by atoms with Gasteiger partial charge in [0.15, 0.2) is 0 Å². The summed E-state index contributed by atoms with van der Waals surface area (Å²) < 4.78 is 5.97. The minimum atomic E-state index is -0.121. The summed E-state index contributed by atoms with van der Waals surface area (Å²) in [6, 6.07) is 19.1. The van der Waals surface area contributed by atoms with Crippen molar-refractivity contribution in [3.63, 3.8) is 0 Å². The van der Waals surface area contributed by atoms with E-state index in [4.69, 9.17) is 9.72 Å². The number of carbonyl (C=O) groups is 1. The number of rotatable bonds is 5. The van der Waals surface area contributed by atoms with Crippen molar-refractivity contribution in [3.05, 3.63) is 96.1 Å². The first-order valence-corrected chi connectivity index (χ1v) is 10.6. The summed E-state index contributed by atoms with van der Waals surface area (Å²) in [4.78, 5) is 28.0. The average Bonchev–Trinajstić information content (AvgIpc) is 2.88. The smallest absolute Gasteiger partial charge is 0.251 e. The molecule has 3 aromatic heterocycles. The summed E-state index contributed by atoms with van der Waals surface area (Å²) in [7, 11) is 0. The van der Waals surface area contributed by atoms with E-state index in [1.54, 1.807) is 30.7 Å². The zero-order valence-electron chi connectivity index (χ0n) is 17.5. The van der Waals surface area contributed by atoms with E-state index in [-0.39, 0.29) is 12.0 Å². The largest absolute Gasteiger partial charge is 0.370 e. The molecule has 1 unspecified atom stereocenters. The highest BCUT2D eigenvalue weighted by Gasteiger charge is 2.23. The Morgan fingerprint density at radius 3 is 2.78 bits per heavy atom. The third kappa shape index (κ3) is 4.43. The van der Waals surface area contributed by atoms with Crippen LogP contribution >= 0.6 is 0 Å². The van der Waals surface area contributed by atoms with Crippen LogP contribution in [0.15, 0.2) is 79.3 Å². The summed E-state index contributed by atoms with van der Waals surface area (Å²) >= 11 is 0. The van der Waals surface area contributed by atoms with Gasteiger partial charge in [0, 0.05) is 42.6 Å². The van der Waals surface area contributed by atoms with Gasteiger partial charge in [-0.2, -0.15) is 0 Å². The van der Waals surface area contributed by atoms with Gasteiger partial charge >= 0.3 is 0 Å². The third-order valence-corrected chi connectivity index (χ3v) is 5.55. The van der Waals surface area contributed by atoms with Gasteiger partial charge < -0.3 is 15.0 Å². The van der Waals surface area contributed by atoms with Crippen molar-refractivity contribution in [3.8, 4) is 0 Å². The highest BCUT2D eigenvalue weighted by atomic mass is 16.5. The molecule has 1 aliphatic heterocycles. The summed E-state index contributed by atoms with van der Waals surface area (Å²) in [5, 5.41) is 3.88. The summed E-state index contributed by atoms with van der Waals surface area (Å²) in [6.45, 7) is 2.50. The SMILES string of the molecule is O=C(NCc1cc2nc(N3CCOC(c4ccncc4)C3)ccc2cn1)c1ccccc1. The molecule has 1 atom stereocenters. The number of aromatic nitrogens is 3. The number of pyridine rings is 3. The molecule has 160 valence electrons. The zero-order chi connectivity index (χ0) is 21.8. The number of ether oxygens (including phenoxy) is 1. The number of hydrogen-bond donors (Lipinski definition) is 1. The Hall–Kier alpha value is -3.84. The Balaban J connectivity index is 1.31. The van der Waals surface area contributed by atoms with Gasteiger partial charge in [0.2, 0.25) is 0 Å². The average molecular weight is 425 g/mol. The Morgan fingerprint density at radius 2 is 1.94 bits per heavy atom. The maximum atomic E-state index is 12.3. The molecule has 0 aliphatic carbocycles. The van der Waals surface area contributed by atoms with E-state index in [0.717, 1.165) is 41.1 Å². The Kier molecular flexibility index (Phi) is 5.72. The van der Waals surface area contributed by atoms with E-state index in [0.29, 0.717) is 18.7 Å². The van der Waals surface area contributed by atoms with Crippen LogP contribution in [0.1, 0.15) is 27.7 Å². The summed E-state index contributed by atoms with van der Waals surface area (Å²) in [5.41, 5.74) is 3.37. The number of benzene rings is 1. The normalized spacial score (nSPS) is 16.1. The number of nitrogens with zero attached hydrogens (tertiary/aromatic N) is 4. The fourth-order valence-electron chi connectivity index (χ4n) is 3.82. The second kappa shape index (κ2) is 9.11. The van der Waals surface area contributed by atoms with Crippen molar-refractivity contribution < 1.29 is 9.53 Å². The van der Waals surface area contributed by atoms with E-state index in [1.165, 1.54) is 0 Å². The van der Waals surface area contributed by atoms with Crippen LogP contribution in [0.2, 0.25) is 0 Å². The molecule has 0 bridgehead atoms. The molecule has 7 heteroatoms. The van der Waals surface area contributed by atoms with Crippen LogP contribution in [0.5, 0.6) is 0 Å². The van der Waals surface area contributed by atoms with Crippen LogP contribution in [0.4, 0.5) is 5.82 Å². The summed E-state index contributed by atoms with van der Waals surface area (Å²) in [6.07, 6.45) is 5.37. The number of morpholine rings is 1. The van der Waals surface area contributed by atoms with Gasteiger partial charge in [0.25, 0.3) is 5.91 Å². The minimum Gasteiger partial charge on any atom is -0.370 e. The summed E-state index contributed by atoms with van der Waals surface area (Å²) in [5.74, 6) is 0.787. The zero-order valence-corrected chi connectivity index (χ0v) is 17.5. The van der Waals surface area contributed by atoms with Crippen molar-refractivity contribution in [1.82, 2.24) is 20.3 Å². The van der Waals surface area contributed by atoms with Crippen molar-refractivity contribution in [1.29, 1.82) is 0 Å². The quantitative estimate of drug-likeness (QED) is 0.527. The number of anilines is 1. The molecule has 1 fully saturated rings. The molecule has 0 radical (unpaired) electrons. The monoisotopic (exact) mass is 425 g/mol. The molecule has 0 spiro atoms. The number of nitrogens with one attached hydrogen (secondary N) is 1. The van der Waals surface area contributed by atoms with Crippen LogP contribution in [-0.2, 0) is 11.3 Å². The topological polar surface area (TPSA) is 80.2 Å². The molecule has 1 aliphatic rings. The van der Waals surface area contributed by atoms with Gasteiger partial charge in [-0.1, -0.05) is 18.2 Å². The van der Waals surface area contributed by atoms with Gasteiger partial charge in [0.05, 0.1) is 24.4 Å². The number of fused-ring (bicyclic) bond motifs is 1. The predicted molar refractivity (Wildman–Crippen MR) is 122 cm³/mol. The fraction of sp³-hybridized carbons (Fsp3) is 0.200. The Bertz CT molecular complexity index is 1220. The van der Waals surface area contributed by atoms with Crippen molar-refractivity contribution >= 4 is 22.6 Å². The first-order chi connectivity index (χ1) is 15.8. The van der Waals surface area contributed by atoms with Crippen LogP contribution in [-0.4, -0.2) is 40.6 Å². The number of hydrogen-bond acceptors (Lipinski definition) is 6. The van der Waals surface area contributed by atoms with Crippen LogP contribution in [0.25, 0.3) is 10.9 Å². The molecule has 4 aromatic rings. The molecule has 1 amide bonds. The number of amides is 1. The number of carbonyl (C=O) groups excluding carboxylic acids is 1. The van der Waals surface area contributed by atoms with E-state index < -0.39 is 0 Å². The lowest BCUT2D eigenvalue weighted by atomic mass is 10.1. The standard InChI is InChI=1S/C25H23N5O2/c31-25(19-4-2-1-3-5-19)28-16-21-14-22-20(15-27-21)6-7-24(29-22)30-12-13-32-23(17-30)18-8-10-26-11-9-18/h1-11,14-15,23H,12-13,16-17H2,(H,28,31). The second-order valence-corrected chi connectivity index (χ2v) is 7.67. The van der Waals surface area contributed by atoms with Crippen molar-refractivity contribution in [2.75, 3.05) is 24.6 Å². The maximum absolute atomic E-state index is 12.3. The van der Waals surface area contributed by atoms with E-state index in [1.807, 2.05) is 48.5 Å². The van der Waals surface area contributed by atoms with Gasteiger partial charge in [-0.15, -0.1) is 0 Å². The molecule has 7 nitrogen and oxygen atoms in total. The van der Waals surface area contributed by atoms with Crippen molar-refractivity contribution in [2.45, 2.75) is 12.6 Å². The van der Waals surface area contributed by atoms with E-state index in [2.05, 4.69) is 20.2 Å². The fourth-order valence-corrected chi connectivity index (χ4v) is 3.82. The van der Waals surface area contributed by atoms with Crippen molar-refractivity contribution in [2.24, 2.45) is 0 Å². The maximum Gasteiger partial charge on any atom is 0.251 e. The molecular weight excluding hydrogens is 402 g/mol. The van der Waals surface area contributed by atoms with Crippen LogP contribution in [0.3, 0.4) is 0 Å². The lowest BCUT2D eigenvalue weighted by Crippen LogP contribution is -2.38. The van der Waals surface area contributed by atoms with Gasteiger partial charge in [-0.3, -0.25) is 14.8 Å². The van der Waals surface area contributed by atoms with Gasteiger partial charge in [-0.25, -0.2) is 4.98 Å². The first kappa shape index (κ1) is 20.1. The van der Waals surface area contributed by atoms with E-state index in [9.17, 15) is 4.79 Å². The molecule has 32 heavy (non-hydrogen) atoms. The van der Waals surface area contributed by atoms with Crippen LogP contribution < -0.4 is 10.2 Å². The molecule has 4 heterocycles. The molecule has 0 saturated carbocycles. The van der Waals surface area contributed by atoms with Gasteiger partial charge in [-0.05, 0) is 48.0 Å². The Labute approximate surface area is 186 Å².